The Hall–Kier alpha value is -1.42. The Morgan fingerprint density at radius 2 is 2.32 bits per heavy atom. The average Bonchev–Trinajstić information content (AvgIpc) is 2.77. The van der Waals surface area contributed by atoms with Crippen molar-refractivity contribution >= 4 is 11.2 Å². The van der Waals surface area contributed by atoms with Crippen LogP contribution >= 0.6 is 0 Å². The highest BCUT2D eigenvalue weighted by Gasteiger charge is 2.23. The first-order valence-electron chi connectivity index (χ1n) is 7.30. The Labute approximate surface area is 114 Å². The number of imidazole rings is 1. The highest BCUT2D eigenvalue weighted by atomic mass is 15.2. The van der Waals surface area contributed by atoms with E-state index in [2.05, 4.69) is 34.5 Å². The number of nitrogens with zero attached hydrogens (tertiary/aromatic N) is 4. The van der Waals surface area contributed by atoms with Crippen molar-refractivity contribution in [1.82, 2.24) is 19.4 Å². The zero-order chi connectivity index (χ0) is 13.2. The number of likely N-dealkylation sites (tertiary alicyclic amines) is 1. The Morgan fingerprint density at radius 3 is 3.11 bits per heavy atom. The van der Waals surface area contributed by atoms with Crippen molar-refractivity contribution in [2.75, 3.05) is 20.1 Å². The molecule has 0 spiro atoms. The summed E-state index contributed by atoms with van der Waals surface area (Å²) < 4.78 is 2.40. The molecule has 0 aromatic carbocycles. The predicted octanol–water partition coefficient (Wildman–Crippen LogP) is 2.65. The second-order valence-electron chi connectivity index (χ2n) is 5.55. The van der Waals surface area contributed by atoms with Gasteiger partial charge >= 0.3 is 0 Å². The first-order chi connectivity index (χ1) is 9.29. The maximum absolute atomic E-state index is 4.78. The van der Waals surface area contributed by atoms with Crippen molar-refractivity contribution in [3.05, 3.63) is 24.2 Å². The van der Waals surface area contributed by atoms with Crippen molar-refractivity contribution < 1.29 is 0 Å². The van der Waals surface area contributed by atoms with Crippen LogP contribution in [0.4, 0.5) is 0 Å². The number of rotatable bonds is 3. The van der Waals surface area contributed by atoms with E-state index in [9.17, 15) is 0 Å². The number of aromatic nitrogens is 3. The summed E-state index contributed by atoms with van der Waals surface area (Å²) in [5.41, 5.74) is 2.10. The van der Waals surface area contributed by atoms with Crippen LogP contribution in [0, 0.1) is 0 Å². The van der Waals surface area contributed by atoms with Crippen molar-refractivity contribution in [3.63, 3.8) is 0 Å². The number of fused-ring (bicyclic) bond motifs is 1. The molecule has 102 valence electrons. The highest BCUT2D eigenvalue weighted by Crippen LogP contribution is 2.26. The number of hydrogen-bond donors (Lipinski definition) is 0. The van der Waals surface area contributed by atoms with Gasteiger partial charge in [0.05, 0.1) is 0 Å². The summed E-state index contributed by atoms with van der Waals surface area (Å²) in [6.45, 7) is 4.53. The molecule has 3 rings (SSSR count). The smallest absolute Gasteiger partial charge is 0.160 e. The molecule has 1 unspecified atom stereocenters. The lowest BCUT2D eigenvalue weighted by Crippen LogP contribution is -2.34. The Bertz CT molecular complexity index is 560. The topological polar surface area (TPSA) is 34.0 Å². The number of hydrogen-bond acceptors (Lipinski definition) is 3. The fourth-order valence-corrected chi connectivity index (χ4v) is 3.11. The molecule has 1 aliphatic heterocycles. The van der Waals surface area contributed by atoms with Gasteiger partial charge in [0, 0.05) is 25.2 Å². The molecule has 2 aromatic heterocycles. The maximum atomic E-state index is 4.78. The summed E-state index contributed by atoms with van der Waals surface area (Å²) in [5.74, 6) is 1.21. The van der Waals surface area contributed by atoms with Crippen molar-refractivity contribution in [2.45, 2.75) is 38.6 Å². The minimum absolute atomic E-state index is 0.528. The summed E-state index contributed by atoms with van der Waals surface area (Å²) in [6.07, 6.45) is 6.55. The highest BCUT2D eigenvalue weighted by molar-refractivity contribution is 5.71. The van der Waals surface area contributed by atoms with Crippen molar-refractivity contribution in [2.24, 2.45) is 0 Å². The lowest BCUT2D eigenvalue weighted by atomic mass is 10.1. The normalized spacial score (nSPS) is 21.1. The van der Waals surface area contributed by atoms with E-state index in [4.69, 9.17) is 4.98 Å². The minimum Gasteiger partial charge on any atom is -0.308 e. The first kappa shape index (κ1) is 12.6. The fraction of sp³-hybridized carbons (Fsp3) is 0.600. The van der Waals surface area contributed by atoms with Gasteiger partial charge in [-0.2, -0.15) is 0 Å². The van der Waals surface area contributed by atoms with Crippen LogP contribution in [0.1, 0.15) is 38.1 Å². The SMILES string of the molecule is CCCc1nc2cccnc2n1C1CCCN(C)C1. The average molecular weight is 258 g/mol. The lowest BCUT2D eigenvalue weighted by molar-refractivity contribution is 0.212. The molecule has 0 saturated carbocycles. The number of likely N-dealkylation sites (N-methyl/N-ethyl adjacent to an activating group) is 1. The van der Waals surface area contributed by atoms with Gasteiger partial charge in [0.2, 0.25) is 0 Å². The van der Waals surface area contributed by atoms with Gasteiger partial charge < -0.3 is 9.47 Å². The molecule has 2 aromatic rings. The van der Waals surface area contributed by atoms with Crippen LogP contribution in [0.5, 0.6) is 0 Å². The van der Waals surface area contributed by atoms with Crippen LogP contribution in [0.25, 0.3) is 11.2 Å². The van der Waals surface area contributed by atoms with Crippen LogP contribution < -0.4 is 0 Å². The number of pyridine rings is 1. The molecule has 1 aliphatic rings. The second-order valence-corrected chi connectivity index (χ2v) is 5.55. The van der Waals surface area contributed by atoms with Gasteiger partial charge in [-0.25, -0.2) is 9.97 Å². The van der Waals surface area contributed by atoms with Gasteiger partial charge in [-0.1, -0.05) is 6.92 Å². The van der Waals surface area contributed by atoms with Gasteiger partial charge in [0.1, 0.15) is 11.3 Å². The Kier molecular flexibility index (Phi) is 3.51. The molecule has 4 nitrogen and oxygen atoms in total. The number of piperidine rings is 1. The van der Waals surface area contributed by atoms with E-state index in [1.807, 2.05) is 12.3 Å². The van der Waals surface area contributed by atoms with E-state index in [0.29, 0.717) is 6.04 Å². The van der Waals surface area contributed by atoms with E-state index >= 15 is 0 Å². The fourth-order valence-electron chi connectivity index (χ4n) is 3.11. The minimum atomic E-state index is 0.528. The molecule has 1 atom stereocenters. The quantitative estimate of drug-likeness (QED) is 0.848. The monoisotopic (exact) mass is 258 g/mol. The third-order valence-corrected chi connectivity index (χ3v) is 3.96. The predicted molar refractivity (Wildman–Crippen MR) is 77.3 cm³/mol. The summed E-state index contributed by atoms with van der Waals surface area (Å²) in [6, 6.07) is 4.58. The van der Waals surface area contributed by atoms with Crippen LogP contribution in [-0.4, -0.2) is 39.6 Å². The third kappa shape index (κ3) is 2.37. The second kappa shape index (κ2) is 5.29. The summed E-state index contributed by atoms with van der Waals surface area (Å²) in [7, 11) is 2.21. The zero-order valence-corrected chi connectivity index (χ0v) is 11.8. The Balaban J connectivity index is 2.06. The third-order valence-electron chi connectivity index (χ3n) is 3.96. The van der Waals surface area contributed by atoms with E-state index < -0.39 is 0 Å². The molecule has 0 amide bonds. The van der Waals surface area contributed by atoms with E-state index in [1.54, 1.807) is 0 Å². The maximum Gasteiger partial charge on any atom is 0.160 e. The molecule has 1 saturated heterocycles. The summed E-state index contributed by atoms with van der Waals surface area (Å²) in [4.78, 5) is 11.8. The first-order valence-corrected chi connectivity index (χ1v) is 7.30. The molecule has 1 fully saturated rings. The molecule has 4 heteroatoms. The van der Waals surface area contributed by atoms with Crippen LogP contribution in [-0.2, 0) is 6.42 Å². The molecular weight excluding hydrogens is 236 g/mol. The molecule has 3 heterocycles. The van der Waals surface area contributed by atoms with E-state index in [1.165, 1.54) is 25.2 Å². The number of aryl methyl sites for hydroxylation is 1. The zero-order valence-electron chi connectivity index (χ0n) is 11.8. The summed E-state index contributed by atoms with van der Waals surface area (Å²) >= 11 is 0. The molecule has 0 radical (unpaired) electrons. The molecule has 0 N–H and O–H groups in total. The molecule has 0 bridgehead atoms. The van der Waals surface area contributed by atoms with Gasteiger partial charge in [-0.15, -0.1) is 0 Å². The van der Waals surface area contributed by atoms with Gasteiger partial charge in [-0.3, -0.25) is 0 Å². The van der Waals surface area contributed by atoms with Gasteiger partial charge in [0.25, 0.3) is 0 Å². The van der Waals surface area contributed by atoms with Crippen molar-refractivity contribution in [3.8, 4) is 0 Å². The summed E-state index contributed by atoms with van der Waals surface area (Å²) in [5, 5.41) is 0. The Morgan fingerprint density at radius 1 is 1.42 bits per heavy atom. The van der Waals surface area contributed by atoms with Crippen LogP contribution in [0.15, 0.2) is 18.3 Å². The van der Waals surface area contributed by atoms with Gasteiger partial charge in [-0.05, 0) is 45.0 Å². The van der Waals surface area contributed by atoms with Crippen LogP contribution in [0.3, 0.4) is 0 Å². The molecule has 19 heavy (non-hydrogen) atoms. The standard InChI is InChI=1S/C15H22N4/c1-3-6-14-17-13-8-4-9-16-15(13)19(14)12-7-5-10-18(2)11-12/h4,8-9,12H,3,5-7,10-11H2,1-2H3. The van der Waals surface area contributed by atoms with E-state index in [-0.39, 0.29) is 0 Å². The largest absolute Gasteiger partial charge is 0.308 e. The van der Waals surface area contributed by atoms with E-state index in [0.717, 1.165) is 30.6 Å². The van der Waals surface area contributed by atoms with Crippen molar-refractivity contribution in [1.29, 1.82) is 0 Å². The molecule has 0 aliphatic carbocycles. The lowest BCUT2D eigenvalue weighted by Gasteiger charge is -2.31. The van der Waals surface area contributed by atoms with Gasteiger partial charge in [0.15, 0.2) is 5.65 Å². The van der Waals surface area contributed by atoms with Crippen LogP contribution in [0.2, 0.25) is 0 Å². The molecular formula is C15H22N4.